The van der Waals surface area contributed by atoms with E-state index in [2.05, 4.69) is 4.84 Å². The summed E-state index contributed by atoms with van der Waals surface area (Å²) in [5.41, 5.74) is 0. The first-order valence-corrected chi connectivity index (χ1v) is 2.34. The minimum Gasteiger partial charge on any atom is -0.304 e. The highest BCUT2D eigenvalue weighted by Crippen LogP contribution is 1.79. The Morgan fingerprint density at radius 1 is 1.71 bits per heavy atom. The smallest absolute Gasteiger partial charge is 0.0713 e. The van der Waals surface area contributed by atoms with Crippen LogP contribution in [-0.2, 0) is 4.84 Å². The fraction of sp³-hybridized carbons (Fsp3) is 0.600. The molecular weight excluding hydrogens is 90.1 g/mol. The summed E-state index contributed by atoms with van der Waals surface area (Å²) in [6.07, 6.45) is 4.89. The predicted octanol–water partition coefficient (Wildman–Crippen LogP) is 0.843. The number of hydrogen-bond donors (Lipinski definition) is 1. The average Bonchev–Trinajstić information content (AvgIpc) is 1.69. The van der Waals surface area contributed by atoms with Crippen LogP contribution in [0.1, 0.15) is 13.3 Å². The molecule has 0 aromatic heterocycles. The van der Waals surface area contributed by atoms with E-state index in [0.717, 1.165) is 6.42 Å². The molecule has 0 aromatic carbocycles. The minimum atomic E-state index is 0.615. The summed E-state index contributed by atoms with van der Waals surface area (Å²) in [6, 6.07) is 0. The molecule has 0 aliphatic heterocycles. The lowest BCUT2D eigenvalue weighted by Crippen LogP contribution is -1.98. The van der Waals surface area contributed by atoms with Crippen LogP contribution in [0.25, 0.3) is 0 Å². The molecular formula is C5H11NO. The van der Waals surface area contributed by atoms with E-state index >= 15 is 0 Å². The van der Waals surface area contributed by atoms with Crippen LogP contribution in [0.4, 0.5) is 0 Å². The Balaban J connectivity index is 2.69. The third-order valence-electron chi connectivity index (χ3n) is 0.638. The third kappa shape index (κ3) is 5.66. The largest absolute Gasteiger partial charge is 0.304 e. The van der Waals surface area contributed by atoms with Crippen LogP contribution in [-0.4, -0.2) is 6.61 Å². The molecule has 0 heterocycles. The van der Waals surface area contributed by atoms with Gasteiger partial charge in [-0.3, -0.25) is 0 Å². The lowest BCUT2D eigenvalue weighted by Gasteiger charge is -1.86. The minimum absolute atomic E-state index is 0.615. The zero-order chi connectivity index (χ0) is 5.54. The number of rotatable bonds is 3. The number of allylic oxidation sites excluding steroid dienone is 1. The van der Waals surface area contributed by atoms with Gasteiger partial charge >= 0.3 is 0 Å². The highest BCUT2D eigenvalue weighted by molar-refractivity contribution is 4.75. The molecule has 0 radical (unpaired) electrons. The molecule has 0 aromatic rings. The van der Waals surface area contributed by atoms with E-state index in [1.54, 1.807) is 0 Å². The van der Waals surface area contributed by atoms with Gasteiger partial charge in [0.2, 0.25) is 0 Å². The molecule has 2 N–H and O–H groups in total. The summed E-state index contributed by atoms with van der Waals surface area (Å²) in [7, 11) is 0. The van der Waals surface area contributed by atoms with E-state index in [9.17, 15) is 0 Å². The quantitative estimate of drug-likeness (QED) is 0.325. The van der Waals surface area contributed by atoms with E-state index in [1.807, 2.05) is 19.1 Å². The lowest BCUT2D eigenvalue weighted by atomic mass is 10.4. The van der Waals surface area contributed by atoms with E-state index in [1.165, 1.54) is 0 Å². The summed E-state index contributed by atoms with van der Waals surface area (Å²) in [4.78, 5) is 4.29. The van der Waals surface area contributed by atoms with E-state index in [-0.39, 0.29) is 0 Å². The summed E-state index contributed by atoms with van der Waals surface area (Å²) in [6.45, 7) is 2.58. The third-order valence-corrected chi connectivity index (χ3v) is 0.638. The molecule has 0 amide bonds. The van der Waals surface area contributed by atoms with Crippen molar-refractivity contribution in [3.05, 3.63) is 12.2 Å². The molecule has 42 valence electrons. The molecule has 0 fully saturated rings. The zero-order valence-electron chi connectivity index (χ0n) is 4.55. The van der Waals surface area contributed by atoms with Gasteiger partial charge < -0.3 is 4.84 Å². The fourth-order valence-electron chi connectivity index (χ4n) is 0.303. The Labute approximate surface area is 43.9 Å². The van der Waals surface area contributed by atoms with Crippen molar-refractivity contribution in [1.29, 1.82) is 0 Å². The molecule has 0 atom stereocenters. The molecule has 0 aliphatic rings. The maximum absolute atomic E-state index is 4.74. The molecule has 2 heteroatoms. The van der Waals surface area contributed by atoms with Crippen molar-refractivity contribution in [1.82, 2.24) is 0 Å². The topological polar surface area (TPSA) is 35.2 Å². The first-order valence-electron chi connectivity index (χ1n) is 2.34. The van der Waals surface area contributed by atoms with Crippen molar-refractivity contribution in [2.45, 2.75) is 13.3 Å². The number of nitrogens with two attached hydrogens (primary N) is 1. The lowest BCUT2D eigenvalue weighted by molar-refractivity contribution is 0.143. The van der Waals surface area contributed by atoms with Crippen LogP contribution >= 0.6 is 0 Å². The Hall–Kier alpha value is -0.340. The van der Waals surface area contributed by atoms with Gasteiger partial charge in [0.25, 0.3) is 0 Å². The van der Waals surface area contributed by atoms with Gasteiger partial charge in [0.1, 0.15) is 0 Å². The molecule has 0 bridgehead atoms. The standard InChI is InChI=1S/C5H11NO/c1-2-3-4-5-7-6/h2-3H,4-6H2,1H3/b3-2+. The molecule has 0 unspecified atom stereocenters. The summed E-state index contributed by atoms with van der Waals surface area (Å²) < 4.78 is 0. The van der Waals surface area contributed by atoms with Crippen molar-refractivity contribution in [3.63, 3.8) is 0 Å². The summed E-state index contributed by atoms with van der Waals surface area (Å²) >= 11 is 0. The van der Waals surface area contributed by atoms with Crippen LogP contribution < -0.4 is 5.90 Å². The Kier molecular flexibility index (Phi) is 5.39. The van der Waals surface area contributed by atoms with Gasteiger partial charge in [-0.15, -0.1) is 0 Å². The zero-order valence-corrected chi connectivity index (χ0v) is 4.55. The normalized spacial score (nSPS) is 10.6. The molecule has 0 saturated heterocycles. The number of hydrogen-bond acceptors (Lipinski definition) is 2. The van der Waals surface area contributed by atoms with E-state index < -0.39 is 0 Å². The van der Waals surface area contributed by atoms with Crippen molar-refractivity contribution >= 4 is 0 Å². The SMILES string of the molecule is C/C=C/CCON. The van der Waals surface area contributed by atoms with Crippen LogP contribution in [0.2, 0.25) is 0 Å². The average molecular weight is 101 g/mol. The van der Waals surface area contributed by atoms with Gasteiger partial charge in [-0.2, -0.15) is 0 Å². The second-order valence-electron chi connectivity index (χ2n) is 1.23. The molecule has 0 saturated carbocycles. The maximum Gasteiger partial charge on any atom is 0.0713 e. The van der Waals surface area contributed by atoms with Crippen LogP contribution in [0.5, 0.6) is 0 Å². The molecule has 0 rings (SSSR count). The van der Waals surface area contributed by atoms with Crippen LogP contribution in [0.15, 0.2) is 12.2 Å². The molecule has 0 aliphatic carbocycles. The highest BCUT2D eigenvalue weighted by atomic mass is 16.6. The first kappa shape index (κ1) is 6.66. The fourth-order valence-corrected chi connectivity index (χ4v) is 0.303. The van der Waals surface area contributed by atoms with Gasteiger partial charge in [0, 0.05) is 0 Å². The van der Waals surface area contributed by atoms with E-state index in [0.29, 0.717) is 6.61 Å². The van der Waals surface area contributed by atoms with E-state index in [4.69, 9.17) is 5.90 Å². The van der Waals surface area contributed by atoms with Crippen molar-refractivity contribution in [3.8, 4) is 0 Å². The highest BCUT2D eigenvalue weighted by Gasteiger charge is 1.72. The van der Waals surface area contributed by atoms with Gasteiger partial charge in [-0.25, -0.2) is 5.90 Å². The maximum atomic E-state index is 4.74. The van der Waals surface area contributed by atoms with Crippen molar-refractivity contribution in [2.75, 3.05) is 6.61 Å². The summed E-state index contributed by atoms with van der Waals surface area (Å²) in [5, 5.41) is 0. The van der Waals surface area contributed by atoms with Gasteiger partial charge in [0.15, 0.2) is 0 Å². The van der Waals surface area contributed by atoms with Gasteiger partial charge in [-0.05, 0) is 13.3 Å². The Bertz CT molecular complexity index is 52.0. The second kappa shape index (κ2) is 5.66. The predicted molar refractivity (Wildman–Crippen MR) is 29.6 cm³/mol. The molecule has 7 heavy (non-hydrogen) atoms. The summed E-state index contributed by atoms with van der Waals surface area (Å²) in [5.74, 6) is 4.74. The Morgan fingerprint density at radius 3 is 2.86 bits per heavy atom. The Morgan fingerprint density at radius 2 is 2.43 bits per heavy atom. The van der Waals surface area contributed by atoms with Crippen molar-refractivity contribution in [2.24, 2.45) is 5.90 Å². The van der Waals surface area contributed by atoms with Crippen LogP contribution in [0, 0.1) is 0 Å². The molecule has 2 nitrogen and oxygen atoms in total. The monoisotopic (exact) mass is 101 g/mol. The van der Waals surface area contributed by atoms with Gasteiger partial charge in [0.05, 0.1) is 6.61 Å². The van der Waals surface area contributed by atoms with Gasteiger partial charge in [-0.1, -0.05) is 12.2 Å². The molecule has 0 spiro atoms. The van der Waals surface area contributed by atoms with Crippen molar-refractivity contribution < 1.29 is 4.84 Å². The first-order chi connectivity index (χ1) is 3.41. The second-order valence-corrected chi connectivity index (χ2v) is 1.23. The van der Waals surface area contributed by atoms with Crippen LogP contribution in [0.3, 0.4) is 0 Å².